The van der Waals surface area contributed by atoms with Gasteiger partial charge in [0.2, 0.25) is 0 Å². The monoisotopic (exact) mass is 216 g/mol. The van der Waals surface area contributed by atoms with Crippen molar-refractivity contribution < 1.29 is 0 Å². The van der Waals surface area contributed by atoms with Gasteiger partial charge < -0.3 is 5.32 Å². The average molecular weight is 216 g/mol. The van der Waals surface area contributed by atoms with Crippen LogP contribution in [0.2, 0.25) is 0 Å². The van der Waals surface area contributed by atoms with Crippen LogP contribution in [0.5, 0.6) is 0 Å². The lowest BCUT2D eigenvalue weighted by molar-refractivity contribution is 0.600. The van der Waals surface area contributed by atoms with Crippen LogP contribution in [0, 0.1) is 0 Å². The molecule has 1 heterocycles. The minimum Gasteiger partial charge on any atom is -0.316 e. The molecule has 0 aromatic carbocycles. The van der Waals surface area contributed by atoms with Crippen LogP contribution in [0.4, 0.5) is 0 Å². The van der Waals surface area contributed by atoms with Gasteiger partial charge in [0.25, 0.3) is 0 Å². The van der Waals surface area contributed by atoms with E-state index >= 15 is 0 Å². The normalized spacial score (nSPS) is 13.1. The zero-order valence-corrected chi connectivity index (χ0v) is 9.52. The number of hydrogen-bond acceptors (Lipinski definition) is 4. The van der Waals surface area contributed by atoms with Gasteiger partial charge >= 0.3 is 5.69 Å². The van der Waals surface area contributed by atoms with Crippen molar-refractivity contribution >= 4 is 11.8 Å². The summed E-state index contributed by atoms with van der Waals surface area (Å²) in [5, 5.41) is 10.3. The highest BCUT2D eigenvalue weighted by molar-refractivity contribution is 7.99. The van der Waals surface area contributed by atoms with Crippen LogP contribution in [0.3, 0.4) is 0 Å². The molecule has 6 heteroatoms. The number of nitrogens with one attached hydrogen (secondary N) is 2. The van der Waals surface area contributed by atoms with Gasteiger partial charge in [-0.05, 0) is 13.5 Å². The van der Waals surface area contributed by atoms with Gasteiger partial charge in [-0.2, -0.15) is 0 Å². The highest BCUT2D eigenvalue weighted by atomic mass is 32.2. The third-order valence-electron chi connectivity index (χ3n) is 2.15. The molecule has 1 atom stereocenters. The van der Waals surface area contributed by atoms with E-state index in [4.69, 9.17) is 0 Å². The van der Waals surface area contributed by atoms with Crippen LogP contribution in [0.1, 0.15) is 13.3 Å². The van der Waals surface area contributed by atoms with Crippen LogP contribution in [0.25, 0.3) is 0 Å². The Kier molecular flexibility index (Phi) is 4.21. The summed E-state index contributed by atoms with van der Waals surface area (Å²) in [4.78, 5) is 11.0. The molecule has 0 spiro atoms. The molecule has 2 N–H and O–H groups in total. The first kappa shape index (κ1) is 11.3. The van der Waals surface area contributed by atoms with Crippen molar-refractivity contribution in [1.29, 1.82) is 0 Å². The Balaban J connectivity index is 2.53. The van der Waals surface area contributed by atoms with Crippen LogP contribution < -0.4 is 11.0 Å². The molecule has 0 aliphatic carbocycles. The quantitative estimate of drug-likeness (QED) is 0.690. The summed E-state index contributed by atoms with van der Waals surface area (Å²) in [7, 11) is 3.66. The SMILES string of the molecule is CCC(CSc1n[nH]c(=O)n1C)NC. The van der Waals surface area contributed by atoms with E-state index in [1.807, 2.05) is 7.05 Å². The third-order valence-corrected chi connectivity index (χ3v) is 3.35. The summed E-state index contributed by atoms with van der Waals surface area (Å²) in [6.45, 7) is 2.13. The molecule has 80 valence electrons. The van der Waals surface area contributed by atoms with Crippen molar-refractivity contribution in [2.24, 2.45) is 7.05 Å². The standard InChI is InChI=1S/C8H16N4OS/c1-4-6(9-2)5-14-8-11-10-7(13)12(8)3/h6,9H,4-5H2,1-3H3,(H,10,13). The minimum absolute atomic E-state index is 0.162. The largest absolute Gasteiger partial charge is 0.343 e. The molecule has 0 amide bonds. The van der Waals surface area contributed by atoms with Gasteiger partial charge in [0, 0.05) is 18.8 Å². The molecular weight excluding hydrogens is 200 g/mol. The third kappa shape index (κ3) is 2.62. The summed E-state index contributed by atoms with van der Waals surface area (Å²) < 4.78 is 1.52. The maximum atomic E-state index is 11.0. The van der Waals surface area contributed by atoms with E-state index in [2.05, 4.69) is 22.4 Å². The molecule has 14 heavy (non-hydrogen) atoms. The molecule has 0 saturated heterocycles. The predicted molar refractivity (Wildman–Crippen MR) is 57.7 cm³/mol. The lowest BCUT2D eigenvalue weighted by atomic mass is 10.3. The summed E-state index contributed by atoms with van der Waals surface area (Å²) in [5.74, 6) is 0.922. The van der Waals surface area contributed by atoms with Gasteiger partial charge in [-0.1, -0.05) is 18.7 Å². The number of H-pyrrole nitrogens is 1. The van der Waals surface area contributed by atoms with Crippen molar-refractivity contribution in [2.75, 3.05) is 12.8 Å². The van der Waals surface area contributed by atoms with Gasteiger partial charge in [0.05, 0.1) is 0 Å². The fourth-order valence-corrected chi connectivity index (χ4v) is 2.18. The Labute approximate surface area is 87.3 Å². The maximum absolute atomic E-state index is 11.0. The Bertz CT molecular complexity index is 328. The predicted octanol–water partition coefficient (Wildman–Crippen LogP) is 0.198. The molecular formula is C8H16N4OS. The molecule has 0 saturated carbocycles. The number of thioether (sulfide) groups is 1. The molecule has 5 nitrogen and oxygen atoms in total. The van der Waals surface area contributed by atoms with Crippen LogP contribution >= 0.6 is 11.8 Å². The molecule has 0 radical (unpaired) electrons. The number of rotatable bonds is 5. The van der Waals surface area contributed by atoms with Gasteiger partial charge in [-0.15, -0.1) is 5.10 Å². The topological polar surface area (TPSA) is 62.7 Å². The molecule has 1 aromatic heterocycles. The van der Waals surface area contributed by atoms with Gasteiger partial charge in [0.1, 0.15) is 0 Å². The zero-order chi connectivity index (χ0) is 10.6. The van der Waals surface area contributed by atoms with E-state index in [9.17, 15) is 4.79 Å². The summed E-state index contributed by atoms with van der Waals surface area (Å²) in [6, 6.07) is 0.465. The summed E-state index contributed by atoms with van der Waals surface area (Å²) in [6.07, 6.45) is 1.07. The van der Waals surface area contributed by atoms with Crippen molar-refractivity contribution in [3.05, 3.63) is 10.5 Å². The lowest BCUT2D eigenvalue weighted by Gasteiger charge is -2.11. The molecule has 1 rings (SSSR count). The van der Waals surface area contributed by atoms with E-state index in [-0.39, 0.29) is 5.69 Å². The van der Waals surface area contributed by atoms with Gasteiger partial charge in [-0.25, -0.2) is 9.89 Å². The Morgan fingerprint density at radius 3 is 2.86 bits per heavy atom. The Morgan fingerprint density at radius 1 is 1.71 bits per heavy atom. The first-order valence-corrected chi connectivity index (χ1v) is 5.59. The van der Waals surface area contributed by atoms with Crippen molar-refractivity contribution in [3.8, 4) is 0 Å². The maximum Gasteiger partial charge on any atom is 0.343 e. The van der Waals surface area contributed by atoms with Gasteiger partial charge in [0.15, 0.2) is 5.16 Å². The first-order valence-electron chi connectivity index (χ1n) is 4.60. The van der Waals surface area contributed by atoms with Crippen molar-refractivity contribution in [2.45, 2.75) is 24.5 Å². The lowest BCUT2D eigenvalue weighted by Crippen LogP contribution is -2.26. The number of aromatic nitrogens is 3. The van der Waals surface area contributed by atoms with Crippen molar-refractivity contribution in [1.82, 2.24) is 20.1 Å². The Hall–Kier alpha value is -0.750. The van der Waals surface area contributed by atoms with E-state index in [0.717, 1.165) is 17.3 Å². The first-order chi connectivity index (χ1) is 6.69. The molecule has 0 aliphatic heterocycles. The highest BCUT2D eigenvalue weighted by Crippen LogP contribution is 2.13. The van der Waals surface area contributed by atoms with E-state index in [0.29, 0.717) is 6.04 Å². The molecule has 0 bridgehead atoms. The van der Waals surface area contributed by atoms with Gasteiger partial charge in [-0.3, -0.25) is 4.57 Å². The van der Waals surface area contributed by atoms with E-state index in [1.54, 1.807) is 18.8 Å². The summed E-state index contributed by atoms with van der Waals surface area (Å²) in [5.41, 5.74) is -0.162. The second-order valence-electron chi connectivity index (χ2n) is 3.08. The molecule has 1 unspecified atom stereocenters. The second-order valence-corrected chi connectivity index (χ2v) is 4.06. The number of hydrogen-bond donors (Lipinski definition) is 2. The number of nitrogens with zero attached hydrogens (tertiary/aromatic N) is 2. The fraction of sp³-hybridized carbons (Fsp3) is 0.750. The van der Waals surface area contributed by atoms with Crippen LogP contribution in [-0.2, 0) is 7.05 Å². The molecule has 0 fully saturated rings. The highest BCUT2D eigenvalue weighted by Gasteiger charge is 2.08. The second kappa shape index (κ2) is 5.21. The average Bonchev–Trinajstić information content (AvgIpc) is 2.51. The Morgan fingerprint density at radius 2 is 2.43 bits per heavy atom. The van der Waals surface area contributed by atoms with Crippen molar-refractivity contribution in [3.63, 3.8) is 0 Å². The van der Waals surface area contributed by atoms with Crippen LogP contribution in [-0.4, -0.2) is 33.6 Å². The smallest absolute Gasteiger partial charge is 0.316 e. The fourth-order valence-electron chi connectivity index (χ4n) is 1.04. The summed E-state index contributed by atoms with van der Waals surface area (Å²) >= 11 is 1.58. The van der Waals surface area contributed by atoms with E-state index < -0.39 is 0 Å². The number of aromatic amines is 1. The molecule has 0 aliphatic rings. The minimum atomic E-state index is -0.162. The molecule has 1 aromatic rings. The zero-order valence-electron chi connectivity index (χ0n) is 8.70. The van der Waals surface area contributed by atoms with E-state index in [1.165, 1.54) is 4.57 Å². The van der Waals surface area contributed by atoms with Crippen LogP contribution in [0.15, 0.2) is 9.95 Å².